The molecule has 0 unspecified atom stereocenters. The fourth-order valence-corrected chi connectivity index (χ4v) is 3.31. The standard InChI is InChI=1S/C15H11F2N3OS2/c16-10-5-4-9(6-11(10)17)7-22-8-14(21)18-12-2-1-3-13-15(12)20-23-19-13/h1-6H,7-8H2,(H,18,21). The zero-order valence-electron chi connectivity index (χ0n) is 11.8. The first-order chi connectivity index (χ1) is 11.1. The van der Waals surface area contributed by atoms with Crippen molar-refractivity contribution in [1.82, 2.24) is 0 Å². The number of anilines is 1. The third-order valence-corrected chi connectivity index (χ3v) is 4.59. The van der Waals surface area contributed by atoms with Gasteiger partial charge in [-0.1, -0.05) is 12.1 Å². The molecule has 2 aromatic carbocycles. The van der Waals surface area contributed by atoms with E-state index in [4.69, 9.17) is 0 Å². The van der Waals surface area contributed by atoms with Crippen LogP contribution >= 0.6 is 11.8 Å². The number of benzene rings is 2. The SMILES string of the molecule is O=C(CSCc1ccc(F)c(F)c1)Nc1cccc2c1N=S=N2. The van der Waals surface area contributed by atoms with Crippen LogP contribution in [0.1, 0.15) is 5.56 Å². The number of fused-ring (bicyclic) bond motifs is 1. The maximum absolute atomic E-state index is 13.1. The van der Waals surface area contributed by atoms with E-state index >= 15 is 0 Å². The summed E-state index contributed by atoms with van der Waals surface area (Å²) in [6.45, 7) is 0. The van der Waals surface area contributed by atoms with Crippen LogP contribution in [0.5, 0.6) is 0 Å². The summed E-state index contributed by atoms with van der Waals surface area (Å²) in [5, 5.41) is 2.79. The van der Waals surface area contributed by atoms with Crippen molar-refractivity contribution >= 4 is 46.1 Å². The molecule has 0 fully saturated rings. The Kier molecular flexibility index (Phi) is 4.82. The number of nitrogens with zero attached hydrogens (tertiary/aromatic N) is 2. The van der Waals surface area contributed by atoms with E-state index in [-0.39, 0.29) is 11.7 Å². The molecule has 3 rings (SSSR count). The monoisotopic (exact) mass is 351 g/mol. The molecule has 0 spiro atoms. The van der Waals surface area contributed by atoms with Crippen LogP contribution in [0.15, 0.2) is 45.1 Å². The summed E-state index contributed by atoms with van der Waals surface area (Å²) in [7, 11) is 0. The third kappa shape index (κ3) is 3.83. The molecule has 0 saturated heterocycles. The molecule has 1 aliphatic rings. The number of carbonyl (C=O) groups is 1. The van der Waals surface area contributed by atoms with Crippen molar-refractivity contribution < 1.29 is 13.6 Å². The average molecular weight is 351 g/mol. The van der Waals surface area contributed by atoms with E-state index in [0.717, 1.165) is 29.2 Å². The van der Waals surface area contributed by atoms with Crippen molar-refractivity contribution in [3.8, 4) is 0 Å². The van der Waals surface area contributed by atoms with Gasteiger partial charge in [0.2, 0.25) is 5.91 Å². The van der Waals surface area contributed by atoms with Crippen molar-refractivity contribution in [2.24, 2.45) is 8.73 Å². The Balaban J connectivity index is 1.53. The highest BCUT2D eigenvalue weighted by atomic mass is 32.2. The molecule has 0 aliphatic carbocycles. The van der Waals surface area contributed by atoms with Crippen LogP contribution in [-0.2, 0) is 21.9 Å². The van der Waals surface area contributed by atoms with Crippen molar-refractivity contribution in [3.63, 3.8) is 0 Å². The molecule has 1 aliphatic heterocycles. The van der Waals surface area contributed by atoms with E-state index in [2.05, 4.69) is 14.0 Å². The minimum Gasteiger partial charge on any atom is -0.323 e. The molecular weight excluding hydrogens is 340 g/mol. The van der Waals surface area contributed by atoms with Gasteiger partial charge < -0.3 is 5.32 Å². The summed E-state index contributed by atoms with van der Waals surface area (Å²) in [6, 6.07) is 9.12. The molecule has 1 N–H and O–H groups in total. The van der Waals surface area contributed by atoms with Crippen molar-refractivity contribution in [1.29, 1.82) is 0 Å². The quantitative estimate of drug-likeness (QED) is 0.732. The molecule has 118 valence electrons. The van der Waals surface area contributed by atoms with Gasteiger partial charge in [-0.2, -0.15) is 8.73 Å². The van der Waals surface area contributed by atoms with Crippen LogP contribution < -0.4 is 5.32 Å². The van der Waals surface area contributed by atoms with Crippen molar-refractivity contribution in [3.05, 3.63) is 53.6 Å². The van der Waals surface area contributed by atoms with Crippen LogP contribution in [-0.4, -0.2) is 11.7 Å². The fraction of sp³-hybridized carbons (Fsp3) is 0.133. The predicted molar refractivity (Wildman–Crippen MR) is 89.1 cm³/mol. The second-order valence-corrected chi connectivity index (χ2v) is 6.24. The number of rotatable bonds is 5. The fourth-order valence-electron chi connectivity index (χ4n) is 1.98. The maximum Gasteiger partial charge on any atom is 0.234 e. The van der Waals surface area contributed by atoms with E-state index in [1.54, 1.807) is 12.1 Å². The van der Waals surface area contributed by atoms with Gasteiger partial charge in [0.15, 0.2) is 11.6 Å². The molecular formula is C15H11F2N3OS2. The van der Waals surface area contributed by atoms with Gasteiger partial charge in [0.25, 0.3) is 0 Å². The van der Waals surface area contributed by atoms with Crippen molar-refractivity contribution in [2.75, 3.05) is 11.1 Å². The first-order valence-electron chi connectivity index (χ1n) is 6.66. The van der Waals surface area contributed by atoms with Gasteiger partial charge >= 0.3 is 0 Å². The normalized spacial score (nSPS) is 11.9. The Bertz CT molecular complexity index is 835. The molecule has 1 amide bonds. The predicted octanol–water partition coefficient (Wildman–Crippen LogP) is 4.56. The van der Waals surface area contributed by atoms with E-state index < -0.39 is 11.6 Å². The molecule has 0 aromatic heterocycles. The number of carbonyl (C=O) groups excluding carboxylic acids is 1. The third-order valence-electron chi connectivity index (χ3n) is 3.05. The molecule has 0 atom stereocenters. The minimum absolute atomic E-state index is 0.182. The van der Waals surface area contributed by atoms with Crippen molar-refractivity contribution in [2.45, 2.75) is 5.75 Å². The molecule has 8 heteroatoms. The largest absolute Gasteiger partial charge is 0.323 e. The van der Waals surface area contributed by atoms with Gasteiger partial charge in [0, 0.05) is 5.75 Å². The highest BCUT2D eigenvalue weighted by Crippen LogP contribution is 2.38. The van der Waals surface area contributed by atoms with Gasteiger partial charge in [0.1, 0.15) is 11.4 Å². The van der Waals surface area contributed by atoms with Gasteiger partial charge in [-0.15, -0.1) is 11.8 Å². The second-order valence-electron chi connectivity index (χ2n) is 4.73. The van der Waals surface area contributed by atoms with Gasteiger partial charge in [-0.25, -0.2) is 8.78 Å². The first-order valence-corrected chi connectivity index (χ1v) is 8.55. The van der Waals surface area contributed by atoms with E-state index in [9.17, 15) is 13.6 Å². The number of thioether (sulfide) groups is 1. The van der Waals surface area contributed by atoms with Crippen LogP contribution in [0.4, 0.5) is 25.8 Å². The van der Waals surface area contributed by atoms with Crippen LogP contribution in [0.3, 0.4) is 0 Å². The molecule has 23 heavy (non-hydrogen) atoms. The van der Waals surface area contributed by atoms with Crippen LogP contribution in [0.2, 0.25) is 0 Å². The zero-order chi connectivity index (χ0) is 16.2. The molecule has 0 saturated carbocycles. The Labute approximate surface area is 139 Å². The smallest absolute Gasteiger partial charge is 0.234 e. The zero-order valence-corrected chi connectivity index (χ0v) is 13.4. The lowest BCUT2D eigenvalue weighted by molar-refractivity contribution is -0.113. The lowest BCUT2D eigenvalue weighted by atomic mass is 10.2. The summed E-state index contributed by atoms with van der Waals surface area (Å²) in [4.78, 5) is 12.0. The molecule has 1 heterocycles. The Morgan fingerprint density at radius 2 is 2.04 bits per heavy atom. The highest BCUT2D eigenvalue weighted by molar-refractivity contribution is 7.99. The Morgan fingerprint density at radius 1 is 1.17 bits per heavy atom. The summed E-state index contributed by atoms with van der Waals surface area (Å²) in [5.41, 5.74) is 2.65. The number of hydrogen-bond donors (Lipinski definition) is 1. The van der Waals surface area contributed by atoms with E-state index in [0.29, 0.717) is 22.7 Å². The summed E-state index contributed by atoms with van der Waals surface area (Å²) >= 11 is 2.41. The molecule has 0 bridgehead atoms. The number of hydrogen-bond acceptors (Lipinski definition) is 4. The average Bonchev–Trinajstić information content (AvgIpc) is 3.00. The molecule has 4 nitrogen and oxygen atoms in total. The number of halogens is 2. The summed E-state index contributed by atoms with van der Waals surface area (Å²) in [6.07, 6.45) is 0. The summed E-state index contributed by atoms with van der Waals surface area (Å²) < 4.78 is 34.2. The number of amides is 1. The highest BCUT2D eigenvalue weighted by Gasteiger charge is 2.12. The van der Waals surface area contributed by atoms with Gasteiger partial charge in [-0.05, 0) is 29.8 Å². The minimum atomic E-state index is -0.879. The van der Waals surface area contributed by atoms with Crippen LogP contribution in [0, 0.1) is 11.6 Å². The lowest BCUT2D eigenvalue weighted by Crippen LogP contribution is -2.14. The number of nitrogens with one attached hydrogen (secondary N) is 1. The second kappa shape index (κ2) is 7.01. The summed E-state index contributed by atoms with van der Waals surface area (Å²) in [5.74, 6) is -1.31. The molecule has 2 aromatic rings. The maximum atomic E-state index is 13.1. The van der Waals surface area contributed by atoms with Gasteiger partial charge in [0.05, 0.1) is 22.8 Å². The van der Waals surface area contributed by atoms with E-state index in [1.807, 2.05) is 6.07 Å². The van der Waals surface area contributed by atoms with E-state index in [1.165, 1.54) is 17.8 Å². The first kappa shape index (κ1) is 15.8. The van der Waals surface area contributed by atoms with Crippen LogP contribution in [0.25, 0.3) is 0 Å². The Morgan fingerprint density at radius 3 is 2.87 bits per heavy atom. The lowest BCUT2D eigenvalue weighted by Gasteiger charge is -2.07. The topological polar surface area (TPSA) is 53.8 Å². The Hall–Kier alpha value is -2.06. The van der Waals surface area contributed by atoms with Gasteiger partial charge in [-0.3, -0.25) is 4.79 Å². The molecule has 0 radical (unpaired) electrons.